The predicted octanol–water partition coefficient (Wildman–Crippen LogP) is 5.47. The van der Waals surface area contributed by atoms with Gasteiger partial charge in [0.05, 0.1) is 17.2 Å². The summed E-state index contributed by atoms with van der Waals surface area (Å²) in [5, 5.41) is 5.00. The minimum Gasteiger partial charge on any atom is -0.480 e. The molecule has 3 aromatic rings. The Labute approximate surface area is 174 Å². The van der Waals surface area contributed by atoms with Crippen molar-refractivity contribution in [2.75, 3.05) is 11.9 Å². The van der Waals surface area contributed by atoms with Gasteiger partial charge in [-0.1, -0.05) is 54.9 Å². The minimum atomic E-state index is -0.677. The summed E-state index contributed by atoms with van der Waals surface area (Å²) >= 11 is 6.17. The molecule has 0 aliphatic carbocycles. The SMILES string of the molecule is CCOC(=O)c1ccc(NC(=O)[C@H](CC)Oc2cccc3ccccc23)cc1Cl. The van der Waals surface area contributed by atoms with Crippen molar-refractivity contribution in [1.82, 2.24) is 0 Å². The molecule has 0 spiro atoms. The number of ether oxygens (including phenoxy) is 2. The van der Waals surface area contributed by atoms with Gasteiger partial charge < -0.3 is 14.8 Å². The van der Waals surface area contributed by atoms with Gasteiger partial charge in [-0.15, -0.1) is 0 Å². The highest BCUT2D eigenvalue weighted by Gasteiger charge is 2.20. The number of rotatable bonds is 7. The van der Waals surface area contributed by atoms with Gasteiger partial charge >= 0.3 is 5.97 Å². The Morgan fingerprint density at radius 3 is 2.52 bits per heavy atom. The highest BCUT2D eigenvalue weighted by Crippen LogP contribution is 2.27. The Morgan fingerprint density at radius 2 is 1.79 bits per heavy atom. The molecule has 0 saturated heterocycles. The zero-order chi connectivity index (χ0) is 20.8. The molecular weight excluding hydrogens is 390 g/mol. The van der Waals surface area contributed by atoms with Crippen molar-refractivity contribution >= 4 is 39.9 Å². The summed E-state index contributed by atoms with van der Waals surface area (Å²) < 4.78 is 11.0. The van der Waals surface area contributed by atoms with Crippen LogP contribution in [-0.4, -0.2) is 24.6 Å². The number of benzene rings is 3. The summed E-state index contributed by atoms with van der Waals surface area (Å²) in [5.41, 5.74) is 0.735. The Kier molecular flexibility index (Phi) is 6.73. The van der Waals surface area contributed by atoms with E-state index in [1.54, 1.807) is 13.0 Å². The number of halogens is 1. The Balaban J connectivity index is 1.75. The fraction of sp³-hybridized carbons (Fsp3) is 0.217. The largest absolute Gasteiger partial charge is 0.480 e. The molecule has 0 aliphatic rings. The van der Waals surface area contributed by atoms with Crippen molar-refractivity contribution in [3.05, 3.63) is 71.2 Å². The van der Waals surface area contributed by atoms with E-state index in [1.807, 2.05) is 49.4 Å². The van der Waals surface area contributed by atoms with Gasteiger partial charge in [0.1, 0.15) is 5.75 Å². The normalized spacial score (nSPS) is 11.7. The Hall–Kier alpha value is -3.05. The molecule has 1 N–H and O–H groups in total. The van der Waals surface area contributed by atoms with Crippen LogP contribution in [0.5, 0.6) is 5.75 Å². The van der Waals surface area contributed by atoms with E-state index in [0.29, 0.717) is 17.9 Å². The zero-order valence-electron chi connectivity index (χ0n) is 16.3. The van der Waals surface area contributed by atoms with Gasteiger partial charge in [0, 0.05) is 11.1 Å². The molecule has 3 rings (SSSR count). The molecule has 0 unspecified atom stereocenters. The molecule has 0 aromatic heterocycles. The van der Waals surface area contributed by atoms with Crippen molar-refractivity contribution in [1.29, 1.82) is 0 Å². The average Bonchev–Trinajstić information content (AvgIpc) is 2.72. The van der Waals surface area contributed by atoms with E-state index < -0.39 is 12.1 Å². The van der Waals surface area contributed by atoms with Gasteiger partial charge in [0.15, 0.2) is 6.10 Å². The van der Waals surface area contributed by atoms with Gasteiger partial charge in [-0.05, 0) is 43.0 Å². The topological polar surface area (TPSA) is 64.6 Å². The monoisotopic (exact) mass is 411 g/mol. The maximum absolute atomic E-state index is 12.7. The van der Waals surface area contributed by atoms with Crippen molar-refractivity contribution in [2.45, 2.75) is 26.4 Å². The first-order valence-electron chi connectivity index (χ1n) is 9.45. The molecule has 1 atom stereocenters. The number of nitrogens with one attached hydrogen (secondary N) is 1. The van der Waals surface area contributed by atoms with Crippen LogP contribution in [0.15, 0.2) is 60.7 Å². The molecule has 0 bridgehead atoms. The third kappa shape index (κ3) is 4.87. The Bertz CT molecular complexity index is 1030. The molecule has 5 nitrogen and oxygen atoms in total. The summed E-state index contributed by atoms with van der Waals surface area (Å²) in [5.74, 6) is -0.137. The Morgan fingerprint density at radius 1 is 1.03 bits per heavy atom. The lowest BCUT2D eigenvalue weighted by Gasteiger charge is -2.19. The number of carbonyl (C=O) groups is 2. The van der Waals surface area contributed by atoms with Crippen molar-refractivity contribution in [2.24, 2.45) is 0 Å². The summed E-state index contributed by atoms with van der Waals surface area (Å²) in [6.45, 7) is 3.87. The first kappa shape index (κ1) is 20.7. The molecule has 0 heterocycles. The molecule has 0 radical (unpaired) electrons. The first-order chi connectivity index (χ1) is 14.0. The van der Waals surface area contributed by atoms with Crippen LogP contribution in [0.4, 0.5) is 5.69 Å². The number of carbonyl (C=O) groups excluding carboxylic acids is 2. The van der Waals surface area contributed by atoms with E-state index in [-0.39, 0.29) is 23.1 Å². The maximum Gasteiger partial charge on any atom is 0.339 e. The first-order valence-corrected chi connectivity index (χ1v) is 9.83. The second-order valence-electron chi connectivity index (χ2n) is 6.40. The van der Waals surface area contributed by atoms with Crippen LogP contribution in [-0.2, 0) is 9.53 Å². The van der Waals surface area contributed by atoms with Crippen LogP contribution in [0, 0.1) is 0 Å². The predicted molar refractivity (Wildman–Crippen MR) is 115 cm³/mol. The van der Waals surface area contributed by atoms with Gasteiger partial charge in [-0.25, -0.2) is 4.79 Å². The minimum absolute atomic E-state index is 0.212. The number of hydrogen-bond acceptors (Lipinski definition) is 4. The molecule has 150 valence electrons. The number of esters is 1. The number of fused-ring (bicyclic) bond motifs is 1. The molecular formula is C23H22ClNO4. The van der Waals surface area contributed by atoms with E-state index >= 15 is 0 Å². The third-order valence-corrected chi connectivity index (χ3v) is 4.73. The van der Waals surface area contributed by atoms with Gasteiger partial charge in [0.25, 0.3) is 5.91 Å². The van der Waals surface area contributed by atoms with Crippen LogP contribution in [0.1, 0.15) is 30.6 Å². The van der Waals surface area contributed by atoms with Crippen LogP contribution >= 0.6 is 11.6 Å². The molecule has 6 heteroatoms. The highest BCUT2D eigenvalue weighted by atomic mass is 35.5. The zero-order valence-corrected chi connectivity index (χ0v) is 17.0. The van der Waals surface area contributed by atoms with E-state index in [9.17, 15) is 9.59 Å². The van der Waals surface area contributed by atoms with Crippen LogP contribution in [0.25, 0.3) is 10.8 Å². The lowest BCUT2D eigenvalue weighted by Crippen LogP contribution is -2.32. The summed E-state index contributed by atoms with van der Waals surface area (Å²) in [6.07, 6.45) is -0.187. The summed E-state index contributed by atoms with van der Waals surface area (Å²) in [6, 6.07) is 18.3. The third-order valence-electron chi connectivity index (χ3n) is 4.41. The van der Waals surface area contributed by atoms with E-state index in [4.69, 9.17) is 21.1 Å². The fourth-order valence-electron chi connectivity index (χ4n) is 2.96. The van der Waals surface area contributed by atoms with Crippen molar-refractivity contribution < 1.29 is 19.1 Å². The highest BCUT2D eigenvalue weighted by molar-refractivity contribution is 6.34. The molecule has 0 saturated carbocycles. The van der Waals surface area contributed by atoms with Gasteiger partial charge in [0.2, 0.25) is 0 Å². The number of anilines is 1. The molecule has 3 aromatic carbocycles. The van der Waals surface area contributed by atoms with E-state index in [2.05, 4.69) is 5.32 Å². The second-order valence-corrected chi connectivity index (χ2v) is 6.80. The fourth-order valence-corrected chi connectivity index (χ4v) is 3.22. The smallest absolute Gasteiger partial charge is 0.339 e. The number of hydrogen-bond donors (Lipinski definition) is 1. The number of amides is 1. The summed E-state index contributed by atoms with van der Waals surface area (Å²) in [4.78, 5) is 24.6. The van der Waals surface area contributed by atoms with Gasteiger partial charge in [-0.3, -0.25) is 4.79 Å². The second kappa shape index (κ2) is 9.43. The van der Waals surface area contributed by atoms with Crippen molar-refractivity contribution in [3.8, 4) is 5.75 Å². The van der Waals surface area contributed by atoms with Crippen molar-refractivity contribution in [3.63, 3.8) is 0 Å². The van der Waals surface area contributed by atoms with Gasteiger partial charge in [-0.2, -0.15) is 0 Å². The lowest BCUT2D eigenvalue weighted by atomic mass is 10.1. The standard InChI is InChI=1S/C23H22ClNO4/c1-3-20(29-21-11-7-9-15-8-5-6-10-17(15)21)22(26)25-16-12-13-18(19(24)14-16)23(27)28-4-2/h5-14,20H,3-4H2,1-2H3,(H,25,26)/t20-/m0/s1. The van der Waals surface area contributed by atoms with E-state index in [1.165, 1.54) is 12.1 Å². The quantitative estimate of drug-likeness (QED) is 0.524. The lowest BCUT2D eigenvalue weighted by molar-refractivity contribution is -0.122. The maximum atomic E-state index is 12.7. The molecule has 0 fully saturated rings. The van der Waals surface area contributed by atoms with Crippen LogP contribution in [0.3, 0.4) is 0 Å². The average molecular weight is 412 g/mol. The van der Waals surface area contributed by atoms with E-state index in [0.717, 1.165) is 10.8 Å². The van der Waals surface area contributed by atoms with Crippen LogP contribution < -0.4 is 10.1 Å². The van der Waals surface area contributed by atoms with Crippen LogP contribution in [0.2, 0.25) is 5.02 Å². The molecule has 29 heavy (non-hydrogen) atoms. The molecule has 0 aliphatic heterocycles. The summed E-state index contributed by atoms with van der Waals surface area (Å²) in [7, 11) is 0. The molecule has 1 amide bonds.